The minimum Gasteiger partial charge on any atom is -0.458 e. The molecular formula is C15H25NO5. The summed E-state index contributed by atoms with van der Waals surface area (Å²) in [7, 11) is 0. The van der Waals surface area contributed by atoms with Crippen LogP contribution in [0.4, 0.5) is 0 Å². The van der Waals surface area contributed by atoms with Gasteiger partial charge in [-0.05, 0) is 37.0 Å². The first kappa shape index (κ1) is 15.2. The Morgan fingerprint density at radius 1 is 1.43 bits per heavy atom. The van der Waals surface area contributed by atoms with Crippen LogP contribution in [0.5, 0.6) is 0 Å². The second-order valence-corrected chi connectivity index (χ2v) is 6.72. The van der Waals surface area contributed by atoms with Crippen LogP contribution < -0.4 is 5.32 Å². The Balaban J connectivity index is 1.48. The first-order valence-corrected chi connectivity index (χ1v) is 7.95. The third-order valence-electron chi connectivity index (χ3n) is 5.48. The molecule has 0 amide bonds. The molecule has 21 heavy (non-hydrogen) atoms. The van der Waals surface area contributed by atoms with Gasteiger partial charge in [0, 0.05) is 5.92 Å². The second kappa shape index (κ2) is 5.83. The Morgan fingerprint density at radius 2 is 2.14 bits per heavy atom. The first-order chi connectivity index (χ1) is 10.0. The summed E-state index contributed by atoms with van der Waals surface area (Å²) in [4.78, 5) is 11.9. The van der Waals surface area contributed by atoms with Gasteiger partial charge in [-0.15, -0.1) is 0 Å². The van der Waals surface area contributed by atoms with E-state index >= 15 is 0 Å². The monoisotopic (exact) mass is 299 g/mol. The van der Waals surface area contributed by atoms with Crippen molar-refractivity contribution in [2.45, 2.75) is 57.8 Å². The van der Waals surface area contributed by atoms with Crippen molar-refractivity contribution < 1.29 is 24.5 Å². The maximum atomic E-state index is 11.9. The van der Waals surface area contributed by atoms with Gasteiger partial charge in [0.1, 0.15) is 18.4 Å². The van der Waals surface area contributed by atoms with E-state index < -0.39 is 12.5 Å². The van der Waals surface area contributed by atoms with Crippen LogP contribution in [0.25, 0.3) is 0 Å². The number of aliphatic hydroxyl groups excluding tert-OH is 2. The lowest BCUT2D eigenvalue weighted by atomic mass is 9.87. The summed E-state index contributed by atoms with van der Waals surface area (Å²) < 4.78 is 11.1. The van der Waals surface area contributed by atoms with E-state index in [1.165, 1.54) is 0 Å². The smallest absolute Gasteiger partial charge is 0.320 e. The SMILES string of the molecule is CCC(C)C(O)NCC(=O)OC1C2CC3C(O)OC1C3C2. The lowest BCUT2D eigenvalue weighted by Gasteiger charge is -2.26. The molecule has 0 aromatic carbocycles. The zero-order valence-corrected chi connectivity index (χ0v) is 12.6. The molecule has 6 heteroatoms. The largest absolute Gasteiger partial charge is 0.458 e. The van der Waals surface area contributed by atoms with E-state index in [-0.39, 0.29) is 36.6 Å². The molecule has 3 rings (SSSR count). The van der Waals surface area contributed by atoms with Crippen LogP contribution in [0, 0.1) is 23.7 Å². The molecule has 2 aliphatic carbocycles. The fourth-order valence-electron chi connectivity index (χ4n) is 4.04. The number of esters is 1. The normalized spacial score (nSPS) is 43.0. The third-order valence-corrected chi connectivity index (χ3v) is 5.48. The predicted molar refractivity (Wildman–Crippen MR) is 73.9 cm³/mol. The zero-order chi connectivity index (χ0) is 15.1. The summed E-state index contributed by atoms with van der Waals surface area (Å²) in [5.74, 6) is 0.596. The summed E-state index contributed by atoms with van der Waals surface area (Å²) in [5, 5.41) is 22.4. The van der Waals surface area contributed by atoms with Crippen molar-refractivity contribution in [1.29, 1.82) is 0 Å². The van der Waals surface area contributed by atoms with Crippen molar-refractivity contribution in [2.75, 3.05) is 6.54 Å². The molecule has 8 unspecified atom stereocenters. The van der Waals surface area contributed by atoms with Gasteiger partial charge in [-0.3, -0.25) is 10.1 Å². The van der Waals surface area contributed by atoms with Crippen molar-refractivity contribution in [3.8, 4) is 0 Å². The molecule has 0 aromatic heterocycles. The molecule has 3 fully saturated rings. The van der Waals surface area contributed by atoms with Crippen molar-refractivity contribution in [3.05, 3.63) is 0 Å². The number of rotatable bonds is 6. The quantitative estimate of drug-likeness (QED) is 0.480. The highest BCUT2D eigenvalue weighted by molar-refractivity contribution is 5.72. The topological polar surface area (TPSA) is 88.0 Å². The lowest BCUT2D eigenvalue weighted by Crippen LogP contribution is -2.42. The minimum atomic E-state index is -0.698. The fourth-order valence-corrected chi connectivity index (χ4v) is 4.04. The van der Waals surface area contributed by atoms with Gasteiger partial charge < -0.3 is 19.7 Å². The second-order valence-electron chi connectivity index (χ2n) is 6.72. The minimum absolute atomic E-state index is 0.00189. The molecular weight excluding hydrogens is 274 g/mol. The molecule has 1 aliphatic heterocycles. The molecule has 3 N–H and O–H groups in total. The van der Waals surface area contributed by atoms with Gasteiger partial charge in [-0.2, -0.15) is 0 Å². The van der Waals surface area contributed by atoms with Crippen molar-refractivity contribution >= 4 is 5.97 Å². The van der Waals surface area contributed by atoms with Gasteiger partial charge in [0.25, 0.3) is 0 Å². The van der Waals surface area contributed by atoms with E-state index in [2.05, 4.69) is 5.32 Å². The van der Waals surface area contributed by atoms with Crippen LogP contribution >= 0.6 is 0 Å². The van der Waals surface area contributed by atoms with Gasteiger partial charge in [0.05, 0.1) is 6.54 Å². The number of hydrogen-bond acceptors (Lipinski definition) is 6. The Bertz CT molecular complexity index is 404. The average molecular weight is 299 g/mol. The van der Waals surface area contributed by atoms with Crippen LogP contribution in [0.2, 0.25) is 0 Å². The molecule has 2 saturated carbocycles. The predicted octanol–water partition coefficient (Wildman–Crippen LogP) is 0.225. The van der Waals surface area contributed by atoms with Gasteiger partial charge >= 0.3 is 5.97 Å². The molecule has 6 nitrogen and oxygen atoms in total. The highest BCUT2D eigenvalue weighted by Crippen LogP contribution is 2.56. The van der Waals surface area contributed by atoms with E-state index in [4.69, 9.17) is 9.47 Å². The standard InChI is InChI=1S/C15H25NO5/c1-3-7(2)14(18)16-6-11(17)20-12-8-4-9-10(5-8)15(19)21-13(9)12/h7-10,12-16,18-19H,3-6H2,1-2H3. The number of carbonyl (C=O) groups is 1. The number of aliphatic hydroxyl groups is 2. The van der Waals surface area contributed by atoms with E-state index in [9.17, 15) is 15.0 Å². The van der Waals surface area contributed by atoms with Crippen molar-refractivity contribution in [2.24, 2.45) is 23.7 Å². The highest BCUT2D eigenvalue weighted by atomic mass is 16.6. The molecule has 120 valence electrons. The number of carbonyl (C=O) groups excluding carboxylic acids is 1. The van der Waals surface area contributed by atoms with Gasteiger partial charge in [0.2, 0.25) is 0 Å². The van der Waals surface area contributed by atoms with Gasteiger partial charge in [-0.25, -0.2) is 0 Å². The van der Waals surface area contributed by atoms with Crippen LogP contribution in [-0.2, 0) is 14.3 Å². The van der Waals surface area contributed by atoms with Crippen LogP contribution in [0.3, 0.4) is 0 Å². The van der Waals surface area contributed by atoms with Crippen LogP contribution in [0.1, 0.15) is 33.1 Å². The molecule has 3 aliphatic rings. The maximum absolute atomic E-state index is 11.9. The molecule has 0 aromatic rings. The Labute approximate surface area is 124 Å². The van der Waals surface area contributed by atoms with E-state index in [0.717, 1.165) is 19.3 Å². The summed E-state index contributed by atoms with van der Waals surface area (Å²) in [6, 6.07) is 0. The molecule has 8 atom stereocenters. The lowest BCUT2D eigenvalue weighted by molar-refractivity contribution is -0.164. The molecule has 0 radical (unpaired) electrons. The zero-order valence-electron chi connectivity index (χ0n) is 12.6. The summed E-state index contributed by atoms with van der Waals surface area (Å²) in [5.41, 5.74) is 0. The Kier molecular flexibility index (Phi) is 4.23. The van der Waals surface area contributed by atoms with Gasteiger partial charge in [-0.1, -0.05) is 13.8 Å². The highest BCUT2D eigenvalue weighted by Gasteiger charge is 2.62. The maximum Gasteiger partial charge on any atom is 0.320 e. The molecule has 1 saturated heterocycles. The van der Waals surface area contributed by atoms with E-state index in [0.29, 0.717) is 11.8 Å². The van der Waals surface area contributed by atoms with Crippen molar-refractivity contribution in [1.82, 2.24) is 5.32 Å². The number of fused-ring (bicyclic) bond motifs is 1. The fraction of sp³-hybridized carbons (Fsp3) is 0.933. The summed E-state index contributed by atoms with van der Waals surface area (Å²) >= 11 is 0. The summed E-state index contributed by atoms with van der Waals surface area (Å²) in [6.45, 7) is 3.91. The Morgan fingerprint density at radius 3 is 2.86 bits per heavy atom. The van der Waals surface area contributed by atoms with Crippen LogP contribution in [-0.4, -0.2) is 47.5 Å². The molecule has 0 spiro atoms. The van der Waals surface area contributed by atoms with Crippen molar-refractivity contribution in [3.63, 3.8) is 0 Å². The van der Waals surface area contributed by atoms with Crippen LogP contribution in [0.15, 0.2) is 0 Å². The van der Waals surface area contributed by atoms with Gasteiger partial charge in [0.15, 0.2) is 6.29 Å². The number of nitrogens with one attached hydrogen (secondary N) is 1. The van der Waals surface area contributed by atoms with E-state index in [1.807, 2.05) is 13.8 Å². The molecule has 2 bridgehead atoms. The third kappa shape index (κ3) is 2.70. The molecule has 1 heterocycles. The number of ether oxygens (including phenoxy) is 2. The average Bonchev–Trinajstić information content (AvgIpc) is 3.08. The van der Waals surface area contributed by atoms with E-state index in [1.54, 1.807) is 0 Å². The Hall–Kier alpha value is -0.690. The summed E-state index contributed by atoms with van der Waals surface area (Å²) in [6.07, 6.45) is 0.919. The first-order valence-electron chi connectivity index (χ1n) is 7.95. The number of hydrogen-bond donors (Lipinski definition) is 3.